The molecule has 0 saturated carbocycles. The van der Waals surface area contributed by atoms with Gasteiger partial charge in [0.15, 0.2) is 6.10 Å². The monoisotopic (exact) mass is 1260 g/mol. The van der Waals surface area contributed by atoms with Crippen LogP contribution in [0.3, 0.4) is 0 Å². The van der Waals surface area contributed by atoms with Crippen molar-refractivity contribution in [2.75, 3.05) is 26.4 Å². The fourth-order valence-electron chi connectivity index (χ4n) is 11.8. The number of hydrogen-bond donors (Lipinski definition) is 2. The average molecular weight is 1260 g/mol. The summed E-state index contributed by atoms with van der Waals surface area (Å²) >= 11 is 0. The van der Waals surface area contributed by atoms with E-state index in [0.717, 1.165) is 57.8 Å². The highest BCUT2D eigenvalue weighted by molar-refractivity contribution is 7.47. The van der Waals surface area contributed by atoms with Crippen LogP contribution < -0.4 is 5.73 Å². The Labute approximate surface area is 547 Å². The third-order valence-corrected chi connectivity index (χ3v) is 18.5. The second kappa shape index (κ2) is 74.0. The predicted octanol–water partition coefficient (Wildman–Crippen LogP) is 25.6. The lowest BCUT2D eigenvalue weighted by molar-refractivity contribution is -0.161. The van der Waals surface area contributed by atoms with Gasteiger partial charge in [-0.05, 0) is 51.4 Å². The molecule has 0 bridgehead atoms. The van der Waals surface area contributed by atoms with Gasteiger partial charge in [-0.3, -0.25) is 18.6 Å². The molecule has 518 valence electrons. The van der Waals surface area contributed by atoms with Crippen molar-refractivity contribution in [3.05, 3.63) is 48.6 Å². The molecule has 0 spiro atoms. The molecule has 0 amide bonds. The number of nitrogens with two attached hydrogens (primary N) is 1. The Morgan fingerprint density at radius 1 is 0.352 bits per heavy atom. The van der Waals surface area contributed by atoms with Gasteiger partial charge in [0.25, 0.3) is 0 Å². The van der Waals surface area contributed by atoms with Crippen LogP contribution in [0.15, 0.2) is 48.6 Å². The van der Waals surface area contributed by atoms with Gasteiger partial charge in [-0.25, -0.2) is 4.57 Å². The van der Waals surface area contributed by atoms with Gasteiger partial charge >= 0.3 is 19.8 Å². The first-order chi connectivity index (χ1) is 43.3. The van der Waals surface area contributed by atoms with Crippen molar-refractivity contribution < 1.29 is 37.6 Å². The number of allylic oxidation sites excluding steroid dienone is 8. The van der Waals surface area contributed by atoms with Crippen LogP contribution in [0.4, 0.5) is 0 Å². The van der Waals surface area contributed by atoms with Crippen LogP contribution in [-0.4, -0.2) is 49.3 Å². The molecule has 0 saturated heterocycles. The number of carbonyl (C=O) groups is 2. The zero-order valence-corrected chi connectivity index (χ0v) is 59.4. The lowest BCUT2D eigenvalue weighted by Crippen LogP contribution is -2.29. The molecule has 0 aliphatic rings. The number of ether oxygens (including phenoxy) is 2. The molecule has 0 heterocycles. The zero-order valence-electron chi connectivity index (χ0n) is 58.5. The summed E-state index contributed by atoms with van der Waals surface area (Å²) < 4.78 is 33.3. The van der Waals surface area contributed by atoms with E-state index in [1.807, 2.05) is 0 Å². The quantitative estimate of drug-likeness (QED) is 0.0264. The highest BCUT2D eigenvalue weighted by Crippen LogP contribution is 2.43. The lowest BCUT2D eigenvalue weighted by atomic mass is 10.0. The first-order valence-electron chi connectivity index (χ1n) is 38.6. The largest absolute Gasteiger partial charge is 0.472 e. The molecule has 9 nitrogen and oxygen atoms in total. The highest BCUT2D eigenvalue weighted by Gasteiger charge is 2.26. The Morgan fingerprint density at radius 3 is 0.932 bits per heavy atom. The molecule has 0 fully saturated rings. The molecule has 0 rings (SSSR count). The minimum atomic E-state index is -4.39. The number of phosphoric ester groups is 1. The van der Waals surface area contributed by atoms with Crippen LogP contribution in [0.1, 0.15) is 406 Å². The van der Waals surface area contributed by atoms with Crippen LogP contribution in [0, 0.1) is 0 Å². The van der Waals surface area contributed by atoms with E-state index < -0.39 is 26.5 Å². The van der Waals surface area contributed by atoms with Crippen LogP contribution >= 0.6 is 7.82 Å². The normalized spacial score (nSPS) is 13.1. The van der Waals surface area contributed by atoms with Gasteiger partial charge in [0.1, 0.15) is 6.61 Å². The van der Waals surface area contributed by atoms with E-state index in [0.29, 0.717) is 6.42 Å². The van der Waals surface area contributed by atoms with E-state index in [1.54, 1.807) is 0 Å². The van der Waals surface area contributed by atoms with Gasteiger partial charge in [-0.2, -0.15) is 0 Å². The highest BCUT2D eigenvalue weighted by atomic mass is 31.2. The summed E-state index contributed by atoms with van der Waals surface area (Å²) in [6.07, 6.45) is 95.4. The van der Waals surface area contributed by atoms with Crippen LogP contribution in [-0.2, 0) is 32.7 Å². The van der Waals surface area contributed by atoms with Crippen molar-refractivity contribution in [2.45, 2.75) is 412 Å². The first-order valence-corrected chi connectivity index (χ1v) is 40.1. The van der Waals surface area contributed by atoms with Crippen LogP contribution in [0.5, 0.6) is 0 Å². The molecule has 0 aliphatic carbocycles. The summed E-state index contributed by atoms with van der Waals surface area (Å²) in [7, 11) is -4.39. The Kier molecular flexibility index (Phi) is 72.3. The van der Waals surface area contributed by atoms with Crippen molar-refractivity contribution >= 4 is 19.8 Å². The average Bonchev–Trinajstić information content (AvgIpc) is 3.52. The van der Waals surface area contributed by atoms with Crippen molar-refractivity contribution in [3.8, 4) is 0 Å². The van der Waals surface area contributed by atoms with E-state index in [1.165, 1.54) is 315 Å². The molecular formula is C78H148NO8P. The van der Waals surface area contributed by atoms with Gasteiger partial charge in [-0.1, -0.05) is 390 Å². The maximum atomic E-state index is 12.8. The van der Waals surface area contributed by atoms with Crippen molar-refractivity contribution in [2.24, 2.45) is 5.73 Å². The number of hydrogen-bond acceptors (Lipinski definition) is 8. The molecular weight excluding hydrogens is 1110 g/mol. The Morgan fingerprint density at radius 2 is 0.625 bits per heavy atom. The van der Waals surface area contributed by atoms with Gasteiger partial charge in [0.05, 0.1) is 13.2 Å². The molecule has 0 aromatic rings. The smallest absolute Gasteiger partial charge is 0.462 e. The molecule has 2 atom stereocenters. The number of esters is 2. The second-order valence-corrected chi connectivity index (χ2v) is 27.7. The molecule has 2 unspecified atom stereocenters. The standard InChI is InChI=1S/C78H148NO8P/c1-3-5-7-9-11-13-15-17-19-21-23-25-27-29-31-32-33-34-35-36-37-38-39-40-41-42-43-44-45-47-49-51-53-55-57-59-61-63-65-67-69-71-78(81)87-76(75-86-88(82,83)85-73-72-79)74-84-77(80)70-68-66-64-62-60-58-56-54-52-50-48-46-30-28-26-24-22-20-18-16-14-12-10-8-6-4-2/h5,7,11,13,17,19,23,25,76H,3-4,6,8-10,12,14-16,18,20-22,24,26-75,79H2,1-2H3,(H,82,83)/b7-5-,13-11-,19-17-,25-23-. The molecule has 0 aromatic carbocycles. The van der Waals surface area contributed by atoms with E-state index >= 15 is 0 Å². The first kappa shape index (κ1) is 86.0. The van der Waals surface area contributed by atoms with E-state index in [-0.39, 0.29) is 38.6 Å². The fraction of sp³-hybridized carbons (Fsp3) is 0.872. The van der Waals surface area contributed by atoms with Crippen molar-refractivity contribution in [3.63, 3.8) is 0 Å². The summed E-state index contributed by atoms with van der Waals surface area (Å²) in [6.45, 7) is 3.72. The Hall–Kier alpha value is -2.03. The van der Waals surface area contributed by atoms with Crippen molar-refractivity contribution in [1.29, 1.82) is 0 Å². The third-order valence-electron chi connectivity index (χ3n) is 17.5. The van der Waals surface area contributed by atoms with Crippen molar-refractivity contribution in [1.82, 2.24) is 0 Å². The molecule has 3 N–H and O–H groups in total. The lowest BCUT2D eigenvalue weighted by Gasteiger charge is -2.19. The molecule has 10 heteroatoms. The summed E-state index contributed by atoms with van der Waals surface area (Å²) in [5, 5.41) is 0. The maximum Gasteiger partial charge on any atom is 0.472 e. The van der Waals surface area contributed by atoms with E-state index in [2.05, 4.69) is 62.5 Å². The van der Waals surface area contributed by atoms with E-state index in [4.69, 9.17) is 24.3 Å². The number of unbranched alkanes of at least 4 members (excludes halogenated alkanes) is 53. The summed E-state index contributed by atoms with van der Waals surface area (Å²) in [5.74, 6) is -0.800. The fourth-order valence-corrected chi connectivity index (χ4v) is 12.6. The number of carbonyl (C=O) groups excluding carboxylic acids is 2. The summed E-state index contributed by atoms with van der Waals surface area (Å²) in [6, 6.07) is 0. The van der Waals surface area contributed by atoms with Gasteiger partial charge in [-0.15, -0.1) is 0 Å². The number of rotatable bonds is 74. The van der Waals surface area contributed by atoms with Gasteiger partial charge in [0.2, 0.25) is 0 Å². The van der Waals surface area contributed by atoms with Gasteiger partial charge < -0.3 is 20.1 Å². The minimum Gasteiger partial charge on any atom is -0.462 e. The molecule has 88 heavy (non-hydrogen) atoms. The topological polar surface area (TPSA) is 134 Å². The molecule has 0 radical (unpaired) electrons. The van der Waals surface area contributed by atoms with Crippen LogP contribution in [0.25, 0.3) is 0 Å². The predicted molar refractivity (Wildman–Crippen MR) is 381 cm³/mol. The SMILES string of the molecule is CC/C=C\C/C=C\C/C=C\C/C=C\CCCCCCCCCCCCCCCCCCCCCCCCCCCCCCC(=O)OC(COC(=O)CCCCCCCCCCCCCCCCCCCCCCCCCCCC)COP(=O)(O)OCCN. The maximum absolute atomic E-state index is 12.8. The Balaban J connectivity index is 3.73. The summed E-state index contributed by atoms with van der Waals surface area (Å²) in [5.41, 5.74) is 5.41. The third kappa shape index (κ3) is 73.0. The Bertz CT molecular complexity index is 1580. The zero-order chi connectivity index (χ0) is 63.7. The van der Waals surface area contributed by atoms with Crippen LogP contribution in [0.2, 0.25) is 0 Å². The molecule has 0 aromatic heterocycles. The number of phosphoric acid groups is 1. The molecule has 0 aliphatic heterocycles. The minimum absolute atomic E-state index is 0.0569. The summed E-state index contributed by atoms with van der Waals surface area (Å²) in [4.78, 5) is 35.4. The van der Waals surface area contributed by atoms with E-state index in [9.17, 15) is 19.0 Å². The van der Waals surface area contributed by atoms with Gasteiger partial charge in [0, 0.05) is 19.4 Å². The second-order valence-electron chi connectivity index (χ2n) is 26.2.